The Bertz CT molecular complexity index is 2290. The summed E-state index contributed by atoms with van der Waals surface area (Å²) in [6, 6.07) is 18.8. The topological polar surface area (TPSA) is 103 Å². The summed E-state index contributed by atoms with van der Waals surface area (Å²) in [5, 5.41) is 35.6. The van der Waals surface area contributed by atoms with E-state index in [-0.39, 0.29) is 0 Å². The number of halogens is 1. The first-order chi connectivity index (χ1) is 25.7. The Morgan fingerprint density at radius 3 is 2.57 bits per heavy atom. The van der Waals surface area contributed by atoms with Gasteiger partial charge in [0.05, 0.1) is 34.2 Å². The van der Waals surface area contributed by atoms with E-state index in [4.69, 9.17) is 31.3 Å². The Kier molecular flexibility index (Phi) is 10.3. The molecule has 3 aromatic carbocycles. The zero-order valence-corrected chi connectivity index (χ0v) is 32.4. The Hall–Kier alpha value is -3.84. The van der Waals surface area contributed by atoms with Crippen LogP contribution in [-0.2, 0) is 50.6 Å². The standard InChI is InChI=1S/C41H47ClN6O4S/c1-25-37-35(44-48(25)21-26-13-16-51-17-14-26)23-45(2)22-28-19-29(47(4)43-28)24-53-30-18-27-8-5-6-9-31(27)36(20-30)52-15-7-10-32-33-11-12-34(42)38(37)39(33)46(3)40(32)41(49)50/h5-6,8-9,11-12,18-20,26,41,49-50H,7,10,13-17,21-24H2,1-4H3. The average molecular weight is 755 g/mol. The Morgan fingerprint density at radius 2 is 1.75 bits per heavy atom. The van der Waals surface area contributed by atoms with Gasteiger partial charge in [0.2, 0.25) is 0 Å². The number of hydrogen-bond acceptors (Lipinski definition) is 8. The molecule has 278 valence electrons. The van der Waals surface area contributed by atoms with Crippen molar-refractivity contribution in [3.63, 3.8) is 0 Å². The zero-order chi connectivity index (χ0) is 36.8. The van der Waals surface area contributed by atoms with Crippen LogP contribution in [0, 0.1) is 12.8 Å². The number of aliphatic hydroxyl groups is 2. The van der Waals surface area contributed by atoms with Gasteiger partial charge in [-0.15, -0.1) is 11.8 Å². The fourth-order valence-electron chi connectivity index (χ4n) is 8.26. The molecular formula is C41H47ClN6O4S. The molecule has 0 atom stereocenters. The maximum absolute atomic E-state index is 10.8. The summed E-state index contributed by atoms with van der Waals surface area (Å²) >= 11 is 8.98. The smallest absolute Gasteiger partial charge is 0.194 e. The van der Waals surface area contributed by atoms with Gasteiger partial charge in [-0.2, -0.15) is 10.2 Å². The van der Waals surface area contributed by atoms with Gasteiger partial charge in [0, 0.05) is 90.9 Å². The number of aromatic nitrogens is 5. The van der Waals surface area contributed by atoms with Crippen LogP contribution in [0.4, 0.5) is 0 Å². The van der Waals surface area contributed by atoms with E-state index in [2.05, 4.69) is 60.0 Å². The van der Waals surface area contributed by atoms with Gasteiger partial charge in [-0.25, -0.2) is 0 Å². The lowest BCUT2D eigenvalue weighted by Crippen LogP contribution is -2.22. The van der Waals surface area contributed by atoms with Gasteiger partial charge in [0.15, 0.2) is 6.29 Å². The minimum atomic E-state index is -1.66. The monoisotopic (exact) mass is 754 g/mol. The van der Waals surface area contributed by atoms with Crippen molar-refractivity contribution in [2.45, 2.75) is 69.2 Å². The van der Waals surface area contributed by atoms with Crippen molar-refractivity contribution in [3.05, 3.63) is 93.7 Å². The van der Waals surface area contributed by atoms with Crippen LogP contribution < -0.4 is 4.74 Å². The van der Waals surface area contributed by atoms with E-state index >= 15 is 0 Å². The van der Waals surface area contributed by atoms with Crippen LogP contribution in [0.2, 0.25) is 5.02 Å². The van der Waals surface area contributed by atoms with Crippen molar-refractivity contribution in [2.75, 3.05) is 26.9 Å². The molecule has 0 radical (unpaired) electrons. The van der Waals surface area contributed by atoms with E-state index in [1.807, 2.05) is 41.5 Å². The molecule has 1 fully saturated rings. The first kappa shape index (κ1) is 36.2. The number of aliphatic hydroxyl groups excluding tert-OH is 1. The van der Waals surface area contributed by atoms with Crippen molar-refractivity contribution in [1.29, 1.82) is 0 Å². The van der Waals surface area contributed by atoms with E-state index in [0.29, 0.717) is 49.2 Å². The Balaban J connectivity index is 1.26. The third-order valence-electron chi connectivity index (χ3n) is 10.9. The molecule has 2 aliphatic heterocycles. The highest BCUT2D eigenvalue weighted by Gasteiger charge is 2.29. The van der Waals surface area contributed by atoms with E-state index < -0.39 is 6.29 Å². The van der Waals surface area contributed by atoms with Crippen LogP contribution in [-0.4, -0.2) is 66.1 Å². The second kappa shape index (κ2) is 15.1. The van der Waals surface area contributed by atoms with Crippen LogP contribution >= 0.6 is 23.4 Å². The highest BCUT2D eigenvalue weighted by atomic mass is 35.5. The van der Waals surface area contributed by atoms with Gasteiger partial charge in [-0.3, -0.25) is 14.3 Å². The molecule has 0 unspecified atom stereocenters. The molecule has 10 nitrogen and oxygen atoms in total. The van der Waals surface area contributed by atoms with Crippen molar-refractivity contribution in [3.8, 4) is 16.9 Å². The molecule has 8 bridgehead atoms. The largest absolute Gasteiger partial charge is 0.493 e. The second-order valence-electron chi connectivity index (χ2n) is 14.6. The SMILES string of the molecule is Cc1c2c(nn1CC1CCOCC1)CN(C)Cc1cc(n(C)n1)CSc1cc(c3ccccc3c1)OCCCc1c(C(O)O)n(C)c3c-2c(Cl)ccc13. The van der Waals surface area contributed by atoms with Crippen molar-refractivity contribution >= 4 is 45.0 Å². The molecular weight excluding hydrogens is 708 g/mol. The van der Waals surface area contributed by atoms with Gasteiger partial charge >= 0.3 is 0 Å². The molecule has 8 rings (SSSR count). The molecule has 12 heteroatoms. The Labute approximate surface area is 319 Å². The van der Waals surface area contributed by atoms with Crippen LogP contribution in [0.15, 0.2) is 59.5 Å². The number of nitrogens with zero attached hydrogens (tertiary/aromatic N) is 6. The second-order valence-corrected chi connectivity index (χ2v) is 16.0. The summed E-state index contributed by atoms with van der Waals surface area (Å²) in [5.41, 5.74) is 8.18. The highest BCUT2D eigenvalue weighted by Crippen LogP contribution is 2.43. The lowest BCUT2D eigenvalue weighted by Gasteiger charge is -2.22. The predicted molar refractivity (Wildman–Crippen MR) is 210 cm³/mol. The molecule has 1 saturated heterocycles. The number of aryl methyl sites for hydroxylation is 3. The number of thioether (sulfide) groups is 1. The summed E-state index contributed by atoms with van der Waals surface area (Å²) in [5.74, 6) is 2.10. The maximum atomic E-state index is 10.8. The summed E-state index contributed by atoms with van der Waals surface area (Å²) in [7, 11) is 6.02. The molecule has 2 aliphatic rings. The zero-order valence-electron chi connectivity index (χ0n) is 30.8. The molecule has 5 heterocycles. The predicted octanol–water partition coefficient (Wildman–Crippen LogP) is 7.55. The van der Waals surface area contributed by atoms with Crippen molar-refractivity contribution in [2.24, 2.45) is 20.0 Å². The summed E-state index contributed by atoms with van der Waals surface area (Å²) in [6.07, 6.45) is 1.62. The molecule has 53 heavy (non-hydrogen) atoms. The molecule has 2 N–H and O–H groups in total. The molecule has 0 aliphatic carbocycles. The van der Waals surface area contributed by atoms with Crippen LogP contribution in [0.5, 0.6) is 5.75 Å². The first-order valence-corrected chi connectivity index (χ1v) is 19.8. The highest BCUT2D eigenvalue weighted by molar-refractivity contribution is 7.98. The molecule has 0 saturated carbocycles. The molecule has 0 spiro atoms. The van der Waals surface area contributed by atoms with E-state index in [0.717, 1.165) is 110 Å². The summed E-state index contributed by atoms with van der Waals surface area (Å²) < 4.78 is 18.2. The number of hydrogen-bond donors (Lipinski definition) is 2. The first-order valence-electron chi connectivity index (χ1n) is 18.4. The lowest BCUT2D eigenvalue weighted by molar-refractivity contribution is -0.0481. The molecule has 0 amide bonds. The van der Waals surface area contributed by atoms with Crippen LogP contribution in [0.25, 0.3) is 32.8 Å². The van der Waals surface area contributed by atoms with Crippen molar-refractivity contribution < 1.29 is 19.7 Å². The maximum Gasteiger partial charge on any atom is 0.194 e. The van der Waals surface area contributed by atoms with Crippen LogP contribution in [0.1, 0.15) is 59.6 Å². The number of ether oxygens (including phenoxy) is 2. The van der Waals surface area contributed by atoms with Gasteiger partial charge in [-0.05, 0) is 80.8 Å². The van der Waals surface area contributed by atoms with E-state index in [1.165, 1.54) is 0 Å². The fraction of sp³-hybridized carbons (Fsp3) is 0.415. The van der Waals surface area contributed by atoms with E-state index in [1.54, 1.807) is 11.8 Å². The lowest BCUT2D eigenvalue weighted by atomic mass is 9.97. The summed E-state index contributed by atoms with van der Waals surface area (Å²) in [6.45, 7) is 6.17. The quantitative estimate of drug-likeness (QED) is 0.179. The molecule has 3 aromatic heterocycles. The van der Waals surface area contributed by atoms with Gasteiger partial charge in [0.1, 0.15) is 5.75 Å². The minimum absolute atomic E-state index is 0.464. The third kappa shape index (κ3) is 7.11. The average Bonchev–Trinajstić information content (AvgIpc) is 3.74. The fourth-order valence-corrected chi connectivity index (χ4v) is 9.49. The van der Waals surface area contributed by atoms with Crippen molar-refractivity contribution in [1.82, 2.24) is 29.0 Å². The number of fused-ring (bicyclic) bond motifs is 8. The van der Waals surface area contributed by atoms with Crippen LogP contribution in [0.3, 0.4) is 0 Å². The summed E-state index contributed by atoms with van der Waals surface area (Å²) in [4.78, 5) is 3.39. The minimum Gasteiger partial charge on any atom is -0.493 e. The number of benzene rings is 3. The molecule has 6 aromatic rings. The third-order valence-corrected chi connectivity index (χ3v) is 12.2. The number of rotatable bonds is 3. The Morgan fingerprint density at radius 1 is 0.943 bits per heavy atom. The van der Waals surface area contributed by atoms with Gasteiger partial charge in [0.25, 0.3) is 0 Å². The van der Waals surface area contributed by atoms with Gasteiger partial charge < -0.3 is 24.3 Å². The van der Waals surface area contributed by atoms with E-state index in [9.17, 15) is 10.2 Å². The normalized spacial score (nSPS) is 16.7. The van der Waals surface area contributed by atoms with Gasteiger partial charge in [-0.1, -0.05) is 41.9 Å².